The van der Waals surface area contributed by atoms with Crippen LogP contribution in [0.4, 0.5) is 5.69 Å². The molecule has 88 valence electrons. The standard InChI is InChI=1S/C12H12ClN3O/c1-7-4-3-5-9(6-7)17-12-10(14)11(13)15-8(2)16-12/h3-6H,14H2,1-2H3. The Kier molecular flexibility index (Phi) is 3.15. The third-order valence-electron chi connectivity index (χ3n) is 2.18. The van der Waals surface area contributed by atoms with Crippen molar-refractivity contribution in [2.75, 3.05) is 5.73 Å². The van der Waals surface area contributed by atoms with Crippen molar-refractivity contribution in [1.29, 1.82) is 0 Å². The number of anilines is 1. The number of nitrogens with two attached hydrogens (primary N) is 1. The summed E-state index contributed by atoms with van der Waals surface area (Å²) < 4.78 is 5.59. The molecule has 0 atom stereocenters. The summed E-state index contributed by atoms with van der Waals surface area (Å²) in [5, 5.41) is 0.208. The lowest BCUT2D eigenvalue weighted by atomic mass is 10.2. The van der Waals surface area contributed by atoms with Crippen molar-refractivity contribution in [3.63, 3.8) is 0 Å². The summed E-state index contributed by atoms with van der Waals surface area (Å²) in [6.45, 7) is 3.71. The number of ether oxygens (including phenoxy) is 1. The van der Waals surface area contributed by atoms with Crippen LogP contribution in [-0.2, 0) is 0 Å². The molecule has 0 saturated carbocycles. The van der Waals surface area contributed by atoms with Crippen molar-refractivity contribution in [1.82, 2.24) is 9.97 Å². The summed E-state index contributed by atoms with van der Waals surface area (Å²) in [4.78, 5) is 8.06. The van der Waals surface area contributed by atoms with Crippen LogP contribution >= 0.6 is 11.6 Å². The summed E-state index contributed by atoms with van der Waals surface area (Å²) in [5.74, 6) is 1.48. The zero-order valence-electron chi connectivity index (χ0n) is 9.57. The van der Waals surface area contributed by atoms with E-state index in [0.29, 0.717) is 11.6 Å². The molecule has 4 nitrogen and oxygen atoms in total. The summed E-state index contributed by atoms with van der Waals surface area (Å²) in [5.41, 5.74) is 7.10. The number of nitrogens with zero attached hydrogens (tertiary/aromatic N) is 2. The third kappa shape index (κ3) is 2.65. The molecule has 1 aromatic carbocycles. The molecule has 0 aliphatic carbocycles. The number of hydrogen-bond donors (Lipinski definition) is 1. The quantitative estimate of drug-likeness (QED) is 0.831. The lowest BCUT2D eigenvalue weighted by molar-refractivity contribution is 0.462. The van der Waals surface area contributed by atoms with Crippen LogP contribution in [0.2, 0.25) is 5.15 Å². The maximum absolute atomic E-state index is 5.86. The van der Waals surface area contributed by atoms with E-state index in [0.717, 1.165) is 5.56 Å². The van der Waals surface area contributed by atoms with Crippen LogP contribution in [-0.4, -0.2) is 9.97 Å². The van der Waals surface area contributed by atoms with E-state index in [1.54, 1.807) is 6.92 Å². The van der Waals surface area contributed by atoms with Crippen molar-refractivity contribution in [2.45, 2.75) is 13.8 Å². The first-order chi connectivity index (χ1) is 8.06. The van der Waals surface area contributed by atoms with Crippen LogP contribution in [0.15, 0.2) is 24.3 Å². The third-order valence-corrected chi connectivity index (χ3v) is 2.47. The SMILES string of the molecule is Cc1cccc(Oc2nc(C)nc(Cl)c2N)c1. The van der Waals surface area contributed by atoms with Crippen LogP contribution in [0.3, 0.4) is 0 Å². The van der Waals surface area contributed by atoms with E-state index in [4.69, 9.17) is 22.1 Å². The predicted octanol–water partition coefficient (Wildman–Crippen LogP) is 3.12. The van der Waals surface area contributed by atoms with Gasteiger partial charge in [-0.3, -0.25) is 0 Å². The first kappa shape index (κ1) is 11.7. The molecule has 2 rings (SSSR count). The lowest BCUT2D eigenvalue weighted by Gasteiger charge is -2.09. The molecular formula is C12H12ClN3O. The number of benzene rings is 1. The fourth-order valence-electron chi connectivity index (χ4n) is 1.39. The molecule has 0 fully saturated rings. The van der Waals surface area contributed by atoms with Crippen molar-refractivity contribution in [2.24, 2.45) is 0 Å². The highest BCUT2D eigenvalue weighted by Crippen LogP contribution is 2.29. The van der Waals surface area contributed by atoms with Gasteiger partial charge in [0.15, 0.2) is 5.15 Å². The van der Waals surface area contributed by atoms with Gasteiger partial charge in [-0.1, -0.05) is 23.7 Å². The lowest BCUT2D eigenvalue weighted by Crippen LogP contribution is -2.00. The number of aryl methyl sites for hydroxylation is 2. The highest BCUT2D eigenvalue weighted by atomic mass is 35.5. The Balaban J connectivity index is 2.36. The van der Waals surface area contributed by atoms with Crippen molar-refractivity contribution in [3.8, 4) is 11.6 Å². The molecule has 0 aliphatic heterocycles. The summed E-state index contributed by atoms with van der Waals surface area (Å²) in [6, 6.07) is 7.60. The van der Waals surface area contributed by atoms with Gasteiger partial charge in [0.05, 0.1) is 0 Å². The highest BCUT2D eigenvalue weighted by molar-refractivity contribution is 6.32. The minimum absolute atomic E-state index is 0.208. The van der Waals surface area contributed by atoms with E-state index in [1.807, 2.05) is 31.2 Å². The molecule has 0 amide bonds. The van der Waals surface area contributed by atoms with Gasteiger partial charge in [-0.05, 0) is 31.5 Å². The maximum atomic E-state index is 5.86. The Hall–Kier alpha value is -1.81. The van der Waals surface area contributed by atoms with Crippen LogP contribution in [0.1, 0.15) is 11.4 Å². The molecule has 17 heavy (non-hydrogen) atoms. The topological polar surface area (TPSA) is 61.0 Å². The zero-order valence-corrected chi connectivity index (χ0v) is 10.3. The summed E-state index contributed by atoms with van der Waals surface area (Å²) in [6.07, 6.45) is 0. The second-order valence-corrected chi connectivity index (χ2v) is 4.06. The molecule has 5 heteroatoms. The molecule has 1 aromatic heterocycles. The van der Waals surface area contributed by atoms with Gasteiger partial charge in [0.1, 0.15) is 17.3 Å². The van der Waals surface area contributed by atoms with Gasteiger partial charge in [0.2, 0.25) is 5.88 Å². The largest absolute Gasteiger partial charge is 0.437 e. The van der Waals surface area contributed by atoms with E-state index < -0.39 is 0 Å². The van der Waals surface area contributed by atoms with Crippen molar-refractivity contribution < 1.29 is 4.74 Å². The number of nitrogen functional groups attached to an aromatic ring is 1. The first-order valence-corrected chi connectivity index (χ1v) is 5.48. The fourth-order valence-corrected chi connectivity index (χ4v) is 1.59. The Labute approximate surface area is 104 Å². The van der Waals surface area contributed by atoms with Gasteiger partial charge >= 0.3 is 0 Å². The molecule has 0 aliphatic rings. The van der Waals surface area contributed by atoms with Crippen molar-refractivity contribution in [3.05, 3.63) is 40.8 Å². The minimum Gasteiger partial charge on any atom is -0.437 e. The highest BCUT2D eigenvalue weighted by Gasteiger charge is 2.10. The van der Waals surface area contributed by atoms with E-state index in [9.17, 15) is 0 Å². The molecule has 0 spiro atoms. The van der Waals surface area contributed by atoms with E-state index in [2.05, 4.69) is 9.97 Å². The minimum atomic E-state index is 0.208. The van der Waals surface area contributed by atoms with E-state index >= 15 is 0 Å². The Morgan fingerprint density at radius 2 is 2.00 bits per heavy atom. The molecule has 0 unspecified atom stereocenters. The average molecular weight is 250 g/mol. The molecule has 2 N–H and O–H groups in total. The van der Waals surface area contributed by atoms with Crippen LogP contribution in [0, 0.1) is 13.8 Å². The van der Waals surface area contributed by atoms with Gasteiger partial charge in [-0.2, -0.15) is 4.98 Å². The van der Waals surface area contributed by atoms with Crippen LogP contribution in [0.25, 0.3) is 0 Å². The average Bonchev–Trinajstić information content (AvgIpc) is 2.25. The molecular weight excluding hydrogens is 238 g/mol. The monoisotopic (exact) mass is 249 g/mol. The van der Waals surface area contributed by atoms with E-state index in [1.165, 1.54) is 0 Å². The van der Waals surface area contributed by atoms with Gasteiger partial charge in [0.25, 0.3) is 0 Å². The smallest absolute Gasteiger partial charge is 0.247 e. The van der Waals surface area contributed by atoms with E-state index in [-0.39, 0.29) is 16.7 Å². The van der Waals surface area contributed by atoms with Gasteiger partial charge in [-0.25, -0.2) is 4.98 Å². The molecule has 2 aromatic rings. The summed E-state index contributed by atoms with van der Waals surface area (Å²) in [7, 11) is 0. The second kappa shape index (κ2) is 4.59. The first-order valence-electron chi connectivity index (χ1n) is 5.10. The van der Waals surface area contributed by atoms with Crippen LogP contribution < -0.4 is 10.5 Å². The molecule has 0 radical (unpaired) electrons. The van der Waals surface area contributed by atoms with Crippen molar-refractivity contribution >= 4 is 17.3 Å². The Morgan fingerprint density at radius 3 is 2.71 bits per heavy atom. The normalized spacial score (nSPS) is 10.3. The Morgan fingerprint density at radius 1 is 1.24 bits per heavy atom. The van der Waals surface area contributed by atoms with Crippen LogP contribution in [0.5, 0.6) is 11.6 Å². The maximum Gasteiger partial charge on any atom is 0.247 e. The Bertz CT molecular complexity index is 557. The zero-order chi connectivity index (χ0) is 12.4. The molecule has 0 saturated heterocycles. The number of hydrogen-bond acceptors (Lipinski definition) is 4. The van der Waals surface area contributed by atoms with Gasteiger partial charge in [0, 0.05) is 0 Å². The number of halogens is 1. The fraction of sp³-hybridized carbons (Fsp3) is 0.167. The van der Waals surface area contributed by atoms with Gasteiger partial charge in [-0.15, -0.1) is 0 Å². The molecule has 0 bridgehead atoms. The number of aromatic nitrogens is 2. The summed E-state index contributed by atoms with van der Waals surface area (Å²) >= 11 is 5.86. The predicted molar refractivity (Wildman–Crippen MR) is 67.4 cm³/mol. The molecule has 1 heterocycles. The number of rotatable bonds is 2. The van der Waals surface area contributed by atoms with Gasteiger partial charge < -0.3 is 10.5 Å². The second-order valence-electron chi connectivity index (χ2n) is 3.70.